The van der Waals surface area contributed by atoms with Crippen molar-refractivity contribution in [2.75, 3.05) is 11.9 Å². The molecule has 0 aromatic carbocycles. The first-order chi connectivity index (χ1) is 7.15. The lowest BCUT2D eigenvalue weighted by Crippen LogP contribution is -2.25. The number of pyridine rings is 1. The molecule has 1 aromatic rings. The predicted octanol–water partition coefficient (Wildman–Crippen LogP) is 0.722. The molecule has 0 saturated heterocycles. The fraction of sp³-hybridized carbons (Fsp3) is 0.222. The van der Waals surface area contributed by atoms with Crippen LogP contribution in [0, 0.1) is 5.82 Å². The van der Waals surface area contributed by atoms with Crippen LogP contribution in [0.4, 0.5) is 10.1 Å². The molecule has 0 aliphatic carbocycles. The molecule has 1 amide bonds. The van der Waals surface area contributed by atoms with Crippen molar-refractivity contribution < 1.29 is 18.7 Å². The van der Waals surface area contributed by atoms with Crippen molar-refractivity contribution in [2.24, 2.45) is 0 Å². The minimum atomic E-state index is -1.05. The molecule has 0 fully saturated rings. The number of halogens is 1. The van der Waals surface area contributed by atoms with Gasteiger partial charge in [0.05, 0.1) is 18.5 Å². The standard InChI is InChI=1S/C9H9FN2O3/c1-2-15-9(14)8(13)12-7-3-4-11-5-6(7)10/h3-5H,2H2,1H3,(H,11,12,13). The van der Waals surface area contributed by atoms with Gasteiger partial charge in [0.25, 0.3) is 0 Å². The van der Waals surface area contributed by atoms with Crippen molar-refractivity contribution in [2.45, 2.75) is 6.92 Å². The van der Waals surface area contributed by atoms with Gasteiger partial charge in [0.15, 0.2) is 5.82 Å². The third kappa shape index (κ3) is 3.01. The smallest absolute Gasteiger partial charge is 0.397 e. The Morgan fingerprint density at radius 2 is 2.33 bits per heavy atom. The Kier molecular flexibility index (Phi) is 3.73. The molecular formula is C9H9FN2O3. The van der Waals surface area contributed by atoms with E-state index >= 15 is 0 Å². The van der Waals surface area contributed by atoms with Crippen LogP contribution in [0.1, 0.15) is 6.92 Å². The molecule has 6 heteroatoms. The highest BCUT2D eigenvalue weighted by Gasteiger charge is 2.16. The van der Waals surface area contributed by atoms with Crippen LogP contribution >= 0.6 is 0 Å². The Labute approximate surface area is 85.3 Å². The molecule has 0 radical (unpaired) electrons. The highest BCUT2D eigenvalue weighted by Crippen LogP contribution is 2.10. The number of esters is 1. The number of hydrogen-bond donors (Lipinski definition) is 1. The monoisotopic (exact) mass is 212 g/mol. The molecule has 1 aromatic heterocycles. The zero-order chi connectivity index (χ0) is 11.3. The third-order valence-electron chi connectivity index (χ3n) is 1.48. The van der Waals surface area contributed by atoms with Crippen LogP contribution in [0.2, 0.25) is 0 Å². The zero-order valence-electron chi connectivity index (χ0n) is 7.99. The number of rotatable bonds is 2. The summed E-state index contributed by atoms with van der Waals surface area (Å²) in [5.41, 5.74) is -0.108. The van der Waals surface area contributed by atoms with E-state index in [0.29, 0.717) is 0 Å². The summed E-state index contributed by atoms with van der Waals surface area (Å²) in [6.45, 7) is 1.66. The first kappa shape index (κ1) is 11.1. The minimum absolute atomic E-state index is 0.0884. The average Bonchev–Trinajstić information content (AvgIpc) is 2.21. The number of hydrogen-bond acceptors (Lipinski definition) is 4. The van der Waals surface area contributed by atoms with Crippen LogP contribution in [0.15, 0.2) is 18.5 Å². The van der Waals surface area contributed by atoms with Gasteiger partial charge in [-0.2, -0.15) is 0 Å². The second-order valence-electron chi connectivity index (χ2n) is 2.53. The topological polar surface area (TPSA) is 68.3 Å². The molecule has 0 bridgehead atoms. The summed E-state index contributed by atoms with van der Waals surface area (Å²) in [6, 6.07) is 1.24. The summed E-state index contributed by atoms with van der Waals surface area (Å²) in [5, 5.41) is 2.07. The third-order valence-corrected chi connectivity index (χ3v) is 1.48. The van der Waals surface area contributed by atoms with Gasteiger partial charge >= 0.3 is 11.9 Å². The van der Waals surface area contributed by atoms with Gasteiger partial charge in [0.2, 0.25) is 0 Å². The van der Waals surface area contributed by atoms with E-state index in [1.807, 2.05) is 0 Å². The van der Waals surface area contributed by atoms with Crippen LogP contribution in [0.25, 0.3) is 0 Å². The van der Waals surface area contributed by atoms with Crippen LogP contribution in [-0.4, -0.2) is 23.5 Å². The van der Waals surface area contributed by atoms with Gasteiger partial charge in [-0.25, -0.2) is 9.18 Å². The van der Waals surface area contributed by atoms with E-state index < -0.39 is 17.7 Å². The minimum Gasteiger partial charge on any atom is -0.459 e. The van der Waals surface area contributed by atoms with Gasteiger partial charge < -0.3 is 10.1 Å². The Morgan fingerprint density at radius 1 is 1.60 bits per heavy atom. The average molecular weight is 212 g/mol. The van der Waals surface area contributed by atoms with Gasteiger partial charge in [0.1, 0.15) is 0 Å². The number of carbonyl (C=O) groups excluding carboxylic acids is 2. The van der Waals surface area contributed by atoms with Crippen LogP contribution in [0.3, 0.4) is 0 Å². The molecule has 0 saturated carbocycles. The van der Waals surface area contributed by atoms with E-state index in [-0.39, 0.29) is 12.3 Å². The summed E-state index contributed by atoms with van der Waals surface area (Å²) < 4.78 is 17.4. The highest BCUT2D eigenvalue weighted by atomic mass is 19.1. The Hall–Kier alpha value is -1.98. The maximum atomic E-state index is 13.0. The summed E-state index contributed by atoms with van der Waals surface area (Å²) in [6.07, 6.45) is 2.23. The highest BCUT2D eigenvalue weighted by molar-refractivity contribution is 6.37. The summed E-state index contributed by atoms with van der Waals surface area (Å²) >= 11 is 0. The number of amides is 1. The number of aromatic nitrogens is 1. The predicted molar refractivity (Wildman–Crippen MR) is 49.5 cm³/mol. The lowest BCUT2D eigenvalue weighted by Gasteiger charge is -2.04. The molecule has 0 aliphatic rings. The number of carbonyl (C=O) groups is 2. The molecule has 1 rings (SSSR count). The van der Waals surface area contributed by atoms with E-state index in [1.165, 1.54) is 12.3 Å². The van der Waals surface area contributed by atoms with E-state index in [9.17, 15) is 14.0 Å². The summed E-state index contributed by atoms with van der Waals surface area (Å²) in [4.78, 5) is 25.5. The first-order valence-electron chi connectivity index (χ1n) is 4.22. The number of anilines is 1. The lowest BCUT2D eigenvalue weighted by atomic mass is 10.4. The number of nitrogens with one attached hydrogen (secondary N) is 1. The molecule has 0 spiro atoms. The van der Waals surface area contributed by atoms with Crippen LogP contribution in [-0.2, 0) is 14.3 Å². The lowest BCUT2D eigenvalue weighted by molar-refractivity contribution is -0.152. The van der Waals surface area contributed by atoms with Crippen molar-refractivity contribution in [1.82, 2.24) is 4.98 Å². The van der Waals surface area contributed by atoms with E-state index in [1.54, 1.807) is 6.92 Å². The fourth-order valence-electron chi connectivity index (χ4n) is 0.847. The van der Waals surface area contributed by atoms with E-state index in [0.717, 1.165) is 6.20 Å². The summed E-state index contributed by atoms with van der Waals surface area (Å²) in [5.74, 6) is -2.77. The van der Waals surface area contributed by atoms with Gasteiger partial charge in [-0.05, 0) is 13.0 Å². The molecular weight excluding hydrogens is 203 g/mol. The molecule has 1 heterocycles. The van der Waals surface area contributed by atoms with Crippen molar-refractivity contribution in [3.63, 3.8) is 0 Å². The largest absolute Gasteiger partial charge is 0.459 e. The molecule has 1 N–H and O–H groups in total. The number of ether oxygens (including phenoxy) is 1. The maximum absolute atomic E-state index is 13.0. The maximum Gasteiger partial charge on any atom is 0.397 e. The Morgan fingerprint density at radius 3 is 2.93 bits per heavy atom. The van der Waals surface area contributed by atoms with E-state index in [2.05, 4.69) is 15.0 Å². The van der Waals surface area contributed by atoms with Crippen LogP contribution < -0.4 is 5.32 Å². The zero-order valence-corrected chi connectivity index (χ0v) is 7.99. The summed E-state index contributed by atoms with van der Waals surface area (Å²) in [7, 11) is 0. The van der Waals surface area contributed by atoms with Crippen molar-refractivity contribution in [1.29, 1.82) is 0 Å². The second-order valence-corrected chi connectivity index (χ2v) is 2.53. The van der Waals surface area contributed by atoms with E-state index in [4.69, 9.17) is 0 Å². The van der Waals surface area contributed by atoms with Crippen molar-refractivity contribution >= 4 is 17.6 Å². The van der Waals surface area contributed by atoms with Gasteiger partial charge in [0, 0.05) is 6.20 Å². The van der Waals surface area contributed by atoms with Gasteiger partial charge in [-0.15, -0.1) is 0 Å². The normalized spacial score (nSPS) is 9.47. The van der Waals surface area contributed by atoms with Crippen molar-refractivity contribution in [3.05, 3.63) is 24.3 Å². The molecule has 0 aliphatic heterocycles. The Bertz CT molecular complexity index is 381. The fourth-order valence-corrected chi connectivity index (χ4v) is 0.847. The quantitative estimate of drug-likeness (QED) is 0.579. The first-order valence-corrected chi connectivity index (χ1v) is 4.22. The molecule has 80 valence electrons. The Balaban J connectivity index is 2.67. The molecule has 0 unspecified atom stereocenters. The number of nitrogens with zero attached hydrogens (tertiary/aromatic N) is 1. The molecule has 15 heavy (non-hydrogen) atoms. The van der Waals surface area contributed by atoms with Crippen LogP contribution in [0.5, 0.6) is 0 Å². The SMILES string of the molecule is CCOC(=O)C(=O)Nc1ccncc1F. The molecule has 0 atom stereocenters. The van der Waals surface area contributed by atoms with Gasteiger partial charge in [-0.3, -0.25) is 9.78 Å². The second kappa shape index (κ2) is 5.04. The van der Waals surface area contributed by atoms with Crippen molar-refractivity contribution in [3.8, 4) is 0 Å². The van der Waals surface area contributed by atoms with Gasteiger partial charge in [-0.1, -0.05) is 0 Å². The molecule has 5 nitrogen and oxygen atoms in total.